The number of carbonyl (C=O) groups is 6. The summed E-state index contributed by atoms with van der Waals surface area (Å²) >= 11 is 0. The van der Waals surface area contributed by atoms with E-state index < -0.39 is 24.0 Å². The van der Waals surface area contributed by atoms with Crippen molar-refractivity contribution in [3.63, 3.8) is 0 Å². The van der Waals surface area contributed by atoms with E-state index in [-0.39, 0.29) is 84.9 Å². The van der Waals surface area contributed by atoms with Crippen LogP contribution in [0.4, 0.5) is 0 Å². The highest BCUT2D eigenvalue weighted by Crippen LogP contribution is 2.43. The number of benzene rings is 2. The molecule has 77 heavy (non-hydrogen) atoms. The Morgan fingerprint density at radius 3 is 1.25 bits per heavy atom. The number of nitrogens with zero attached hydrogens (tertiary/aromatic N) is 4. The molecular formula is C57H82N8O12. The molecule has 0 spiro atoms. The molecule has 0 aliphatic heterocycles. The van der Waals surface area contributed by atoms with Crippen molar-refractivity contribution in [3.8, 4) is 45.5 Å². The molecule has 0 unspecified atom stereocenters. The molecule has 2 aromatic heterocycles. The molecule has 20 heteroatoms. The highest BCUT2D eigenvalue weighted by Gasteiger charge is 2.31. The number of nitrogens with one attached hydrogen (secondary N) is 4. The van der Waals surface area contributed by atoms with Crippen LogP contribution in [0.5, 0.6) is 23.0 Å². The van der Waals surface area contributed by atoms with E-state index in [1.807, 2.05) is 73.5 Å². The molecule has 0 saturated heterocycles. The minimum absolute atomic E-state index is 0.0370. The smallest absolute Gasteiger partial charge is 0.325 e. The van der Waals surface area contributed by atoms with Crippen LogP contribution in [-0.2, 0) is 28.7 Å². The number of hydrogen-bond donors (Lipinski definition) is 4. The predicted molar refractivity (Wildman–Crippen MR) is 291 cm³/mol. The van der Waals surface area contributed by atoms with Gasteiger partial charge in [-0.15, -0.1) is 0 Å². The van der Waals surface area contributed by atoms with Gasteiger partial charge in [-0.05, 0) is 106 Å². The van der Waals surface area contributed by atoms with Crippen molar-refractivity contribution in [1.82, 2.24) is 40.8 Å². The van der Waals surface area contributed by atoms with Gasteiger partial charge in [0.1, 0.15) is 36.1 Å². The fourth-order valence-corrected chi connectivity index (χ4v) is 10.1. The fourth-order valence-electron chi connectivity index (χ4n) is 10.1. The van der Waals surface area contributed by atoms with Crippen LogP contribution in [0.2, 0.25) is 0 Å². The van der Waals surface area contributed by atoms with E-state index in [0.29, 0.717) is 41.8 Å². The lowest BCUT2D eigenvalue weighted by Gasteiger charge is -2.28. The highest BCUT2D eigenvalue weighted by atomic mass is 16.5. The Kier molecular flexibility index (Phi) is 23.7. The lowest BCUT2D eigenvalue weighted by atomic mass is 9.87. The fraction of sp³-hybridized carbons (Fsp3) is 0.579. The SMILES string of the molecule is COC(=O)CNC(=O)C[C@H](CC(C)C)NC(=O)c1cc(-c2c(OC)cccc2OC)n(C2CCC(C)CC2)n1.COC(=O)CNC(=O)C[C@H](CC(C)C)NC(=O)c1cc(-c2c(OC)cccc2OC)n(C2CCCCC2)n1. The molecule has 2 aliphatic rings. The first kappa shape index (κ1) is 60.7. The Morgan fingerprint density at radius 1 is 0.545 bits per heavy atom. The first-order valence-electron chi connectivity index (χ1n) is 26.8. The quantitative estimate of drug-likeness (QED) is 0.0486. The monoisotopic (exact) mass is 1070 g/mol. The molecular weight excluding hydrogens is 989 g/mol. The summed E-state index contributed by atoms with van der Waals surface area (Å²) < 4.78 is 35.7. The Labute approximate surface area is 453 Å². The maximum absolute atomic E-state index is 13.5. The zero-order valence-corrected chi connectivity index (χ0v) is 47.0. The minimum Gasteiger partial charge on any atom is -0.496 e. The molecule has 2 aromatic carbocycles. The summed E-state index contributed by atoms with van der Waals surface area (Å²) in [5.74, 6) is 1.19. The lowest BCUT2D eigenvalue weighted by molar-refractivity contribution is -0.141. The summed E-state index contributed by atoms with van der Waals surface area (Å²) in [6, 6.07) is 14.2. The molecule has 0 bridgehead atoms. The van der Waals surface area contributed by atoms with E-state index in [4.69, 9.17) is 29.1 Å². The average Bonchev–Trinajstić information content (AvgIpc) is 4.08. The number of esters is 2. The van der Waals surface area contributed by atoms with Crippen molar-refractivity contribution in [2.24, 2.45) is 17.8 Å². The van der Waals surface area contributed by atoms with Crippen LogP contribution < -0.4 is 40.2 Å². The zero-order chi connectivity index (χ0) is 56.2. The van der Waals surface area contributed by atoms with Crippen LogP contribution in [0.15, 0.2) is 48.5 Å². The molecule has 6 rings (SSSR count). The van der Waals surface area contributed by atoms with Gasteiger partial charge in [0.05, 0.1) is 77.3 Å². The van der Waals surface area contributed by atoms with Gasteiger partial charge in [0.15, 0.2) is 11.4 Å². The molecule has 422 valence electrons. The summed E-state index contributed by atoms with van der Waals surface area (Å²) in [6.07, 6.45) is 10.7. The summed E-state index contributed by atoms with van der Waals surface area (Å²) in [6.45, 7) is 9.93. The molecule has 2 aliphatic carbocycles. The summed E-state index contributed by atoms with van der Waals surface area (Å²) in [4.78, 5) is 74.7. The van der Waals surface area contributed by atoms with Gasteiger partial charge in [-0.3, -0.25) is 38.1 Å². The Balaban J connectivity index is 0.000000284. The predicted octanol–water partition coefficient (Wildman–Crippen LogP) is 8.04. The van der Waals surface area contributed by atoms with Crippen LogP contribution >= 0.6 is 0 Å². The molecule has 4 N–H and O–H groups in total. The number of methoxy groups -OCH3 is 6. The molecule has 2 atom stereocenters. The standard InChI is InChI=1S/C29H42N4O6.C28H40N4O6/c1-18(2)14-20(15-26(34)30-17-27(35)39-6)31-29(36)22-16-23(28-24(37-4)8-7-9-25(28)38-5)33(32-22)21-12-10-19(3)11-13-21;1-18(2)14-19(15-25(33)29-17-26(34)38-5)30-28(35)21-16-22(32(31-21)20-10-7-6-8-11-20)27-23(36-3)12-9-13-24(27)37-4/h7-9,16,18-21H,10-15,17H2,1-6H3,(H,30,34)(H,31,36);9,12-13,16,18-20H,6-8,10-11,14-15,17H2,1-5H3,(H,29,33)(H,30,35)/t19?,20-,21?;19-/m00/s1. The highest BCUT2D eigenvalue weighted by molar-refractivity contribution is 5.95. The largest absolute Gasteiger partial charge is 0.496 e. The van der Waals surface area contributed by atoms with Crippen LogP contribution in [0, 0.1) is 17.8 Å². The van der Waals surface area contributed by atoms with Gasteiger partial charge in [0.2, 0.25) is 11.8 Å². The third kappa shape index (κ3) is 17.4. The Bertz CT molecular complexity index is 2550. The molecule has 0 radical (unpaired) electrons. The van der Waals surface area contributed by atoms with E-state index >= 15 is 0 Å². The zero-order valence-electron chi connectivity index (χ0n) is 47.0. The van der Waals surface area contributed by atoms with Gasteiger partial charge in [-0.25, -0.2) is 0 Å². The number of aromatic nitrogens is 4. The number of rotatable bonds is 24. The second-order valence-corrected chi connectivity index (χ2v) is 20.7. The van der Waals surface area contributed by atoms with E-state index in [0.717, 1.165) is 73.9 Å². The molecule has 4 amide bonds. The maximum atomic E-state index is 13.5. The van der Waals surface area contributed by atoms with E-state index in [1.165, 1.54) is 20.6 Å². The number of carbonyl (C=O) groups excluding carboxylic acids is 6. The molecule has 20 nitrogen and oxygen atoms in total. The van der Waals surface area contributed by atoms with Gasteiger partial charge in [-0.2, -0.15) is 10.2 Å². The molecule has 2 saturated carbocycles. The Hall–Kier alpha value is -7.12. The van der Waals surface area contributed by atoms with Crippen LogP contribution in [0.3, 0.4) is 0 Å². The van der Waals surface area contributed by atoms with Crippen molar-refractivity contribution >= 4 is 35.6 Å². The third-order valence-electron chi connectivity index (χ3n) is 13.9. The van der Waals surface area contributed by atoms with E-state index in [1.54, 1.807) is 40.6 Å². The molecule has 4 aromatic rings. The number of amides is 4. The van der Waals surface area contributed by atoms with Gasteiger partial charge in [0, 0.05) is 24.9 Å². The molecule has 2 heterocycles. The van der Waals surface area contributed by atoms with Gasteiger partial charge >= 0.3 is 11.9 Å². The molecule has 2 fully saturated rings. The van der Waals surface area contributed by atoms with Crippen molar-refractivity contribution in [2.75, 3.05) is 55.7 Å². The van der Waals surface area contributed by atoms with Crippen molar-refractivity contribution in [3.05, 3.63) is 59.9 Å². The second-order valence-electron chi connectivity index (χ2n) is 20.7. The lowest BCUT2D eigenvalue weighted by Crippen LogP contribution is -2.41. The van der Waals surface area contributed by atoms with Crippen molar-refractivity contribution in [2.45, 2.75) is 142 Å². The first-order chi connectivity index (χ1) is 36.9. The van der Waals surface area contributed by atoms with Crippen molar-refractivity contribution < 1.29 is 57.2 Å². The summed E-state index contributed by atoms with van der Waals surface area (Å²) in [5.41, 5.74) is 3.53. The van der Waals surface area contributed by atoms with Crippen molar-refractivity contribution in [1.29, 1.82) is 0 Å². The minimum atomic E-state index is -0.533. The topological polar surface area (TPSA) is 242 Å². The van der Waals surface area contributed by atoms with E-state index in [9.17, 15) is 28.8 Å². The Morgan fingerprint density at radius 2 is 0.909 bits per heavy atom. The average molecular weight is 1070 g/mol. The van der Waals surface area contributed by atoms with Crippen LogP contribution in [0.1, 0.15) is 151 Å². The number of ether oxygens (including phenoxy) is 6. The van der Waals surface area contributed by atoms with Gasteiger partial charge in [-0.1, -0.05) is 66.0 Å². The summed E-state index contributed by atoms with van der Waals surface area (Å²) in [5, 5.41) is 20.7. The second kappa shape index (κ2) is 30.0. The first-order valence-corrected chi connectivity index (χ1v) is 26.8. The number of hydrogen-bond acceptors (Lipinski definition) is 14. The third-order valence-corrected chi connectivity index (χ3v) is 13.9. The van der Waals surface area contributed by atoms with Crippen LogP contribution in [-0.4, -0.2) is 123 Å². The van der Waals surface area contributed by atoms with Gasteiger partial charge < -0.3 is 49.7 Å². The van der Waals surface area contributed by atoms with Crippen LogP contribution in [0.25, 0.3) is 22.5 Å². The maximum Gasteiger partial charge on any atom is 0.325 e. The van der Waals surface area contributed by atoms with Gasteiger partial charge in [0.25, 0.3) is 11.8 Å². The normalized spacial score (nSPS) is 16.2. The summed E-state index contributed by atoms with van der Waals surface area (Å²) in [7, 11) is 8.95. The van der Waals surface area contributed by atoms with E-state index in [2.05, 4.69) is 37.7 Å².